The molecule has 2 aromatic rings. The van der Waals surface area contributed by atoms with Crippen LogP contribution in [0.1, 0.15) is 29.3 Å². The number of hydrogen-bond acceptors (Lipinski definition) is 3. The maximum Gasteiger partial charge on any atom is 0.253 e. The van der Waals surface area contributed by atoms with E-state index in [9.17, 15) is 9.59 Å². The van der Waals surface area contributed by atoms with Crippen molar-refractivity contribution in [2.45, 2.75) is 19.8 Å². The molecule has 2 aliphatic rings. The summed E-state index contributed by atoms with van der Waals surface area (Å²) in [5.74, 6) is 0.919. The molecular formula is C22H24N2O3. The van der Waals surface area contributed by atoms with Crippen molar-refractivity contribution in [3.05, 3.63) is 53.6 Å². The zero-order valence-corrected chi connectivity index (χ0v) is 15.5. The topological polar surface area (TPSA) is 58.6 Å². The van der Waals surface area contributed by atoms with E-state index in [-0.39, 0.29) is 17.7 Å². The fourth-order valence-corrected chi connectivity index (χ4v) is 3.83. The third-order valence-electron chi connectivity index (χ3n) is 5.35. The van der Waals surface area contributed by atoms with Gasteiger partial charge in [-0.2, -0.15) is 0 Å². The zero-order chi connectivity index (χ0) is 18.8. The van der Waals surface area contributed by atoms with Gasteiger partial charge in [0.25, 0.3) is 5.91 Å². The number of likely N-dealkylation sites (tertiary alicyclic amines) is 1. The summed E-state index contributed by atoms with van der Waals surface area (Å²) in [5.41, 5.74) is 4.12. The molecule has 0 bridgehead atoms. The molecule has 0 aliphatic carbocycles. The van der Waals surface area contributed by atoms with E-state index in [0.29, 0.717) is 25.2 Å². The first-order valence-corrected chi connectivity index (χ1v) is 9.59. The van der Waals surface area contributed by atoms with E-state index in [1.807, 2.05) is 37.3 Å². The Kier molecular flexibility index (Phi) is 4.84. The smallest absolute Gasteiger partial charge is 0.253 e. The number of amides is 2. The maximum absolute atomic E-state index is 12.8. The number of rotatable bonds is 4. The molecule has 5 nitrogen and oxygen atoms in total. The molecule has 0 saturated carbocycles. The van der Waals surface area contributed by atoms with Crippen LogP contribution in [0.2, 0.25) is 0 Å². The molecule has 2 aromatic carbocycles. The van der Waals surface area contributed by atoms with Gasteiger partial charge in [0.2, 0.25) is 5.91 Å². The van der Waals surface area contributed by atoms with Crippen molar-refractivity contribution in [2.75, 3.05) is 26.2 Å². The van der Waals surface area contributed by atoms with Crippen LogP contribution in [0.4, 0.5) is 0 Å². The highest BCUT2D eigenvalue weighted by atomic mass is 16.5. The summed E-state index contributed by atoms with van der Waals surface area (Å²) in [4.78, 5) is 26.5. The normalized spacial score (nSPS) is 18.1. The Morgan fingerprint density at radius 2 is 1.93 bits per heavy atom. The van der Waals surface area contributed by atoms with Crippen molar-refractivity contribution in [3.63, 3.8) is 0 Å². The molecule has 27 heavy (non-hydrogen) atoms. The largest absolute Gasteiger partial charge is 0.493 e. The van der Waals surface area contributed by atoms with Gasteiger partial charge < -0.3 is 15.0 Å². The predicted octanol–water partition coefficient (Wildman–Crippen LogP) is 2.89. The standard InChI is InChI=1S/C22H24N2O3/c1-2-23-21(25)19-9-11-24(14-19)22(26)16-5-3-15(4-6-16)17-7-8-20-18(13-17)10-12-27-20/h3-8,13,19H,2,9-12,14H2,1H3,(H,23,25)/t19-/m1/s1. The number of hydrogen-bond donors (Lipinski definition) is 1. The first kappa shape index (κ1) is 17.6. The molecule has 5 heteroatoms. The number of benzene rings is 2. The second kappa shape index (κ2) is 7.43. The predicted molar refractivity (Wildman–Crippen MR) is 104 cm³/mol. The lowest BCUT2D eigenvalue weighted by molar-refractivity contribution is -0.124. The lowest BCUT2D eigenvalue weighted by atomic mass is 10.0. The SMILES string of the molecule is CCNC(=O)[C@@H]1CCN(C(=O)c2ccc(-c3ccc4c(c3)CCO4)cc2)C1. The fourth-order valence-electron chi connectivity index (χ4n) is 3.83. The molecule has 1 saturated heterocycles. The molecule has 4 rings (SSSR count). The minimum atomic E-state index is -0.0956. The minimum Gasteiger partial charge on any atom is -0.493 e. The second-order valence-electron chi connectivity index (χ2n) is 7.13. The Balaban J connectivity index is 1.45. The Morgan fingerprint density at radius 3 is 2.70 bits per heavy atom. The van der Waals surface area contributed by atoms with Crippen LogP contribution < -0.4 is 10.1 Å². The van der Waals surface area contributed by atoms with Gasteiger partial charge in [-0.1, -0.05) is 18.2 Å². The Hall–Kier alpha value is -2.82. The van der Waals surface area contributed by atoms with Crippen molar-refractivity contribution >= 4 is 11.8 Å². The van der Waals surface area contributed by atoms with Crippen molar-refractivity contribution < 1.29 is 14.3 Å². The van der Waals surface area contributed by atoms with Crippen LogP contribution in [0.25, 0.3) is 11.1 Å². The number of nitrogens with one attached hydrogen (secondary N) is 1. The van der Waals surface area contributed by atoms with E-state index in [1.54, 1.807) is 4.90 Å². The van der Waals surface area contributed by atoms with Gasteiger partial charge in [0.05, 0.1) is 12.5 Å². The third kappa shape index (κ3) is 3.54. The van der Waals surface area contributed by atoms with Crippen LogP contribution in [-0.4, -0.2) is 43.0 Å². The summed E-state index contributed by atoms with van der Waals surface area (Å²) in [6, 6.07) is 14.0. The first-order chi connectivity index (χ1) is 13.2. The van der Waals surface area contributed by atoms with Crippen molar-refractivity contribution in [1.82, 2.24) is 10.2 Å². The highest BCUT2D eigenvalue weighted by Crippen LogP contribution is 2.30. The van der Waals surface area contributed by atoms with Gasteiger partial charge in [-0.05, 0) is 54.3 Å². The summed E-state index contributed by atoms with van der Waals surface area (Å²) in [7, 11) is 0. The second-order valence-corrected chi connectivity index (χ2v) is 7.13. The molecule has 0 radical (unpaired) electrons. The summed E-state index contributed by atoms with van der Waals surface area (Å²) < 4.78 is 5.56. The highest BCUT2D eigenvalue weighted by Gasteiger charge is 2.31. The van der Waals surface area contributed by atoms with E-state index in [4.69, 9.17) is 4.74 Å². The van der Waals surface area contributed by atoms with Gasteiger partial charge in [0.1, 0.15) is 5.75 Å². The van der Waals surface area contributed by atoms with Gasteiger partial charge in [-0.3, -0.25) is 9.59 Å². The van der Waals surface area contributed by atoms with Crippen molar-refractivity contribution in [1.29, 1.82) is 0 Å². The molecule has 0 spiro atoms. The molecule has 0 unspecified atom stereocenters. The fraction of sp³-hybridized carbons (Fsp3) is 0.364. The van der Waals surface area contributed by atoms with Gasteiger partial charge in [-0.25, -0.2) is 0 Å². The number of nitrogens with zero attached hydrogens (tertiary/aromatic N) is 1. The minimum absolute atomic E-state index is 0.00398. The molecule has 1 fully saturated rings. The molecule has 1 atom stereocenters. The van der Waals surface area contributed by atoms with Gasteiger partial charge in [0.15, 0.2) is 0 Å². The van der Waals surface area contributed by atoms with Crippen molar-refractivity contribution in [2.24, 2.45) is 5.92 Å². The van der Waals surface area contributed by atoms with E-state index in [0.717, 1.165) is 36.3 Å². The summed E-state index contributed by atoms with van der Waals surface area (Å²) >= 11 is 0. The average Bonchev–Trinajstić information content (AvgIpc) is 3.36. The number of ether oxygens (including phenoxy) is 1. The van der Waals surface area contributed by atoms with Crippen LogP contribution >= 0.6 is 0 Å². The lowest BCUT2D eigenvalue weighted by Crippen LogP contribution is -2.34. The van der Waals surface area contributed by atoms with E-state index >= 15 is 0 Å². The van der Waals surface area contributed by atoms with Gasteiger partial charge in [0, 0.05) is 31.6 Å². The van der Waals surface area contributed by atoms with Crippen LogP contribution in [0, 0.1) is 5.92 Å². The van der Waals surface area contributed by atoms with E-state index < -0.39 is 0 Å². The molecule has 140 valence electrons. The Labute approximate surface area is 159 Å². The molecule has 2 aliphatic heterocycles. The maximum atomic E-state index is 12.8. The summed E-state index contributed by atoms with van der Waals surface area (Å²) in [6.07, 6.45) is 1.67. The molecule has 2 amide bonds. The molecule has 1 N–H and O–H groups in total. The van der Waals surface area contributed by atoms with E-state index in [2.05, 4.69) is 17.4 Å². The lowest BCUT2D eigenvalue weighted by Gasteiger charge is -2.17. The van der Waals surface area contributed by atoms with Gasteiger partial charge in [-0.15, -0.1) is 0 Å². The molecule has 0 aromatic heterocycles. The summed E-state index contributed by atoms with van der Waals surface area (Å²) in [5, 5.41) is 2.84. The van der Waals surface area contributed by atoms with Crippen LogP contribution in [0.3, 0.4) is 0 Å². The van der Waals surface area contributed by atoms with Crippen LogP contribution in [0.5, 0.6) is 5.75 Å². The molecular weight excluding hydrogens is 340 g/mol. The van der Waals surface area contributed by atoms with E-state index in [1.165, 1.54) is 5.56 Å². The average molecular weight is 364 g/mol. The molecule has 2 heterocycles. The first-order valence-electron chi connectivity index (χ1n) is 9.59. The monoisotopic (exact) mass is 364 g/mol. The quantitative estimate of drug-likeness (QED) is 0.908. The zero-order valence-electron chi connectivity index (χ0n) is 15.5. The van der Waals surface area contributed by atoms with Crippen LogP contribution in [0.15, 0.2) is 42.5 Å². The van der Waals surface area contributed by atoms with Crippen molar-refractivity contribution in [3.8, 4) is 16.9 Å². The number of fused-ring (bicyclic) bond motifs is 1. The third-order valence-corrected chi connectivity index (χ3v) is 5.35. The highest BCUT2D eigenvalue weighted by molar-refractivity contribution is 5.95. The van der Waals surface area contributed by atoms with Crippen LogP contribution in [-0.2, 0) is 11.2 Å². The Morgan fingerprint density at radius 1 is 1.15 bits per heavy atom. The number of carbonyl (C=O) groups excluding carboxylic acids is 2. The van der Waals surface area contributed by atoms with Gasteiger partial charge >= 0.3 is 0 Å². The number of carbonyl (C=O) groups is 2. The Bertz CT molecular complexity index is 860. The summed E-state index contributed by atoms with van der Waals surface area (Å²) in [6.45, 7) is 4.41.